The van der Waals surface area contributed by atoms with E-state index in [-0.39, 0.29) is 0 Å². The Kier molecular flexibility index (Phi) is 3.80. The molecule has 0 fully saturated rings. The standard InChI is InChI=1S/C15H12N4O2S/c1-9-8-22-15(17-9)19-14(21)13(20)18-11-6-2-4-10-5-3-7-16-12(10)11/h2-8H,1H3,(H,18,20)(H,17,19,21). The number of aromatic nitrogens is 2. The van der Waals surface area contributed by atoms with Gasteiger partial charge in [-0.05, 0) is 19.1 Å². The Labute approximate surface area is 130 Å². The molecule has 0 radical (unpaired) electrons. The van der Waals surface area contributed by atoms with Crippen molar-refractivity contribution < 1.29 is 9.59 Å². The Morgan fingerprint density at radius 2 is 1.86 bits per heavy atom. The second-order valence-corrected chi connectivity index (χ2v) is 5.44. The third-order valence-electron chi connectivity index (χ3n) is 2.93. The summed E-state index contributed by atoms with van der Waals surface area (Å²) >= 11 is 1.27. The molecule has 2 heterocycles. The van der Waals surface area contributed by atoms with Gasteiger partial charge in [-0.2, -0.15) is 0 Å². The summed E-state index contributed by atoms with van der Waals surface area (Å²) < 4.78 is 0. The molecule has 6 nitrogen and oxygen atoms in total. The summed E-state index contributed by atoms with van der Waals surface area (Å²) in [5, 5.41) is 8.12. The minimum atomic E-state index is -0.762. The number of carbonyl (C=O) groups excluding carboxylic acids is 2. The predicted octanol–water partition coefficient (Wildman–Crippen LogP) is 2.58. The molecule has 2 amide bonds. The molecule has 3 aromatic rings. The molecule has 0 unspecified atom stereocenters. The summed E-state index contributed by atoms with van der Waals surface area (Å²) in [6.45, 7) is 1.81. The van der Waals surface area contributed by atoms with Crippen molar-refractivity contribution in [3.63, 3.8) is 0 Å². The number of hydrogen-bond acceptors (Lipinski definition) is 5. The zero-order valence-electron chi connectivity index (χ0n) is 11.7. The van der Waals surface area contributed by atoms with Gasteiger partial charge in [0.15, 0.2) is 5.13 Å². The number of nitrogens with one attached hydrogen (secondary N) is 2. The van der Waals surface area contributed by atoms with Crippen LogP contribution in [0.5, 0.6) is 0 Å². The lowest BCUT2D eigenvalue weighted by molar-refractivity contribution is -0.132. The number of anilines is 2. The fourth-order valence-electron chi connectivity index (χ4n) is 1.95. The first kappa shape index (κ1) is 14.2. The molecular weight excluding hydrogens is 300 g/mol. The van der Waals surface area contributed by atoms with E-state index in [1.165, 1.54) is 11.3 Å². The van der Waals surface area contributed by atoms with Crippen LogP contribution < -0.4 is 10.6 Å². The van der Waals surface area contributed by atoms with E-state index in [0.29, 0.717) is 16.3 Å². The molecule has 0 bridgehead atoms. The normalized spacial score (nSPS) is 10.4. The van der Waals surface area contributed by atoms with Gasteiger partial charge in [-0.1, -0.05) is 18.2 Å². The first-order chi connectivity index (χ1) is 10.6. The fraction of sp³-hybridized carbons (Fsp3) is 0.0667. The maximum Gasteiger partial charge on any atom is 0.315 e. The van der Waals surface area contributed by atoms with Gasteiger partial charge in [0.25, 0.3) is 0 Å². The highest BCUT2D eigenvalue weighted by molar-refractivity contribution is 7.14. The van der Waals surface area contributed by atoms with E-state index in [4.69, 9.17) is 0 Å². The number of pyridine rings is 1. The lowest BCUT2D eigenvalue weighted by Crippen LogP contribution is -2.29. The maximum absolute atomic E-state index is 12.0. The van der Waals surface area contributed by atoms with E-state index in [0.717, 1.165) is 11.1 Å². The SMILES string of the molecule is Cc1csc(NC(=O)C(=O)Nc2cccc3cccnc23)n1. The monoisotopic (exact) mass is 312 g/mol. The largest absolute Gasteiger partial charge is 0.316 e. The summed E-state index contributed by atoms with van der Waals surface area (Å²) in [7, 11) is 0. The summed E-state index contributed by atoms with van der Waals surface area (Å²) in [5.74, 6) is -1.52. The quantitative estimate of drug-likeness (QED) is 0.712. The van der Waals surface area contributed by atoms with Gasteiger partial charge >= 0.3 is 11.8 Å². The number of para-hydroxylation sites is 1. The van der Waals surface area contributed by atoms with Crippen molar-refractivity contribution in [3.8, 4) is 0 Å². The van der Waals surface area contributed by atoms with Crippen LogP contribution in [0.4, 0.5) is 10.8 Å². The molecule has 1 aromatic carbocycles. The number of fused-ring (bicyclic) bond motifs is 1. The van der Waals surface area contributed by atoms with Crippen molar-refractivity contribution in [1.82, 2.24) is 9.97 Å². The zero-order chi connectivity index (χ0) is 15.5. The molecule has 0 aliphatic carbocycles. The molecule has 2 N–H and O–H groups in total. The second kappa shape index (κ2) is 5.90. The number of nitrogens with zero attached hydrogens (tertiary/aromatic N) is 2. The second-order valence-electron chi connectivity index (χ2n) is 4.58. The van der Waals surface area contributed by atoms with E-state index in [1.54, 1.807) is 23.7 Å². The minimum absolute atomic E-state index is 0.397. The van der Waals surface area contributed by atoms with Crippen molar-refractivity contribution in [2.75, 3.05) is 10.6 Å². The van der Waals surface area contributed by atoms with E-state index in [9.17, 15) is 9.59 Å². The highest BCUT2D eigenvalue weighted by atomic mass is 32.1. The van der Waals surface area contributed by atoms with Crippen molar-refractivity contribution in [1.29, 1.82) is 0 Å². The summed E-state index contributed by atoms with van der Waals surface area (Å²) in [5.41, 5.74) is 1.92. The molecule has 0 aliphatic heterocycles. The van der Waals surface area contributed by atoms with Crippen LogP contribution in [0, 0.1) is 6.92 Å². The lowest BCUT2D eigenvalue weighted by Gasteiger charge is -2.07. The van der Waals surface area contributed by atoms with Gasteiger partial charge in [0, 0.05) is 17.0 Å². The zero-order valence-corrected chi connectivity index (χ0v) is 12.5. The smallest absolute Gasteiger partial charge is 0.315 e. The molecule has 110 valence electrons. The Morgan fingerprint density at radius 3 is 2.64 bits per heavy atom. The Morgan fingerprint density at radius 1 is 1.09 bits per heavy atom. The van der Waals surface area contributed by atoms with Crippen LogP contribution in [0.1, 0.15) is 5.69 Å². The van der Waals surface area contributed by atoms with Crippen LogP contribution in [-0.2, 0) is 9.59 Å². The molecule has 2 aromatic heterocycles. The number of thiazole rings is 1. The van der Waals surface area contributed by atoms with Gasteiger partial charge in [-0.15, -0.1) is 11.3 Å². The van der Waals surface area contributed by atoms with Crippen LogP contribution in [0.15, 0.2) is 41.9 Å². The van der Waals surface area contributed by atoms with Crippen LogP contribution in [0.25, 0.3) is 10.9 Å². The first-order valence-electron chi connectivity index (χ1n) is 6.52. The van der Waals surface area contributed by atoms with Crippen LogP contribution in [0.2, 0.25) is 0 Å². The highest BCUT2D eigenvalue weighted by Crippen LogP contribution is 2.20. The van der Waals surface area contributed by atoms with Gasteiger partial charge < -0.3 is 5.32 Å². The third kappa shape index (κ3) is 2.94. The highest BCUT2D eigenvalue weighted by Gasteiger charge is 2.16. The van der Waals surface area contributed by atoms with Crippen LogP contribution in [0.3, 0.4) is 0 Å². The van der Waals surface area contributed by atoms with Gasteiger partial charge in [0.2, 0.25) is 0 Å². The molecule has 7 heteroatoms. The van der Waals surface area contributed by atoms with Crippen molar-refractivity contribution >= 4 is 44.9 Å². The maximum atomic E-state index is 12.0. The van der Waals surface area contributed by atoms with Crippen molar-refractivity contribution in [2.24, 2.45) is 0 Å². The van der Waals surface area contributed by atoms with E-state index >= 15 is 0 Å². The predicted molar refractivity (Wildman–Crippen MR) is 85.9 cm³/mol. The van der Waals surface area contributed by atoms with Gasteiger partial charge in [-0.3, -0.25) is 19.9 Å². The summed E-state index contributed by atoms with van der Waals surface area (Å²) in [6.07, 6.45) is 1.64. The molecule has 0 atom stereocenters. The molecule has 0 saturated carbocycles. The Bertz CT molecular complexity index is 854. The molecule has 0 spiro atoms. The molecule has 22 heavy (non-hydrogen) atoms. The van der Waals surface area contributed by atoms with Crippen molar-refractivity contribution in [2.45, 2.75) is 6.92 Å². The minimum Gasteiger partial charge on any atom is -0.316 e. The van der Waals surface area contributed by atoms with Crippen LogP contribution in [-0.4, -0.2) is 21.8 Å². The Balaban J connectivity index is 1.76. The van der Waals surface area contributed by atoms with E-state index in [1.807, 2.05) is 25.1 Å². The number of rotatable bonds is 2. The van der Waals surface area contributed by atoms with E-state index < -0.39 is 11.8 Å². The topological polar surface area (TPSA) is 84.0 Å². The number of benzene rings is 1. The van der Waals surface area contributed by atoms with Crippen LogP contribution >= 0.6 is 11.3 Å². The number of amides is 2. The van der Waals surface area contributed by atoms with Gasteiger partial charge in [0.05, 0.1) is 16.9 Å². The third-order valence-corrected chi connectivity index (χ3v) is 3.80. The van der Waals surface area contributed by atoms with Crippen molar-refractivity contribution in [3.05, 3.63) is 47.6 Å². The summed E-state index contributed by atoms with van der Waals surface area (Å²) in [4.78, 5) is 32.2. The average molecular weight is 312 g/mol. The number of hydrogen-bond donors (Lipinski definition) is 2. The number of carbonyl (C=O) groups is 2. The molecule has 0 saturated heterocycles. The molecule has 0 aliphatic rings. The van der Waals surface area contributed by atoms with Gasteiger partial charge in [-0.25, -0.2) is 4.98 Å². The van der Waals surface area contributed by atoms with E-state index in [2.05, 4.69) is 20.6 Å². The van der Waals surface area contributed by atoms with Gasteiger partial charge in [0.1, 0.15) is 0 Å². The molecule has 3 rings (SSSR count). The number of aryl methyl sites for hydroxylation is 1. The first-order valence-corrected chi connectivity index (χ1v) is 7.39. The molecular formula is C15H12N4O2S. The lowest BCUT2D eigenvalue weighted by atomic mass is 10.2. The fourth-order valence-corrected chi connectivity index (χ4v) is 2.63. The average Bonchev–Trinajstić information content (AvgIpc) is 2.92. The Hall–Kier alpha value is -2.80. The summed E-state index contributed by atoms with van der Waals surface area (Å²) in [6, 6.07) is 9.08.